The van der Waals surface area contributed by atoms with Gasteiger partial charge in [-0.05, 0) is 32.1 Å². The molecule has 0 saturated carbocycles. The number of hydrogen-bond acceptors (Lipinski definition) is 3. The molecule has 0 N–H and O–H groups in total. The van der Waals surface area contributed by atoms with Gasteiger partial charge < -0.3 is 9.47 Å². The van der Waals surface area contributed by atoms with Crippen molar-refractivity contribution in [2.24, 2.45) is 5.92 Å². The van der Waals surface area contributed by atoms with Gasteiger partial charge in [-0.2, -0.15) is 0 Å². The van der Waals surface area contributed by atoms with Crippen LogP contribution in [-0.4, -0.2) is 24.8 Å². The first-order chi connectivity index (χ1) is 7.65. The highest BCUT2D eigenvalue weighted by Gasteiger charge is 2.28. The summed E-state index contributed by atoms with van der Waals surface area (Å²) in [5.74, 6) is 0.456. The van der Waals surface area contributed by atoms with Gasteiger partial charge >= 0.3 is 5.97 Å². The Morgan fingerprint density at radius 3 is 2.81 bits per heavy atom. The van der Waals surface area contributed by atoms with E-state index in [4.69, 9.17) is 9.47 Å². The maximum Gasteiger partial charge on any atom is 0.308 e. The van der Waals surface area contributed by atoms with Crippen molar-refractivity contribution in [3.8, 4) is 0 Å². The lowest BCUT2D eigenvalue weighted by Gasteiger charge is -2.33. The van der Waals surface area contributed by atoms with Crippen LogP contribution in [-0.2, 0) is 14.3 Å². The van der Waals surface area contributed by atoms with E-state index in [-0.39, 0.29) is 18.2 Å². The molecule has 0 radical (unpaired) electrons. The van der Waals surface area contributed by atoms with Crippen LogP contribution in [0.25, 0.3) is 0 Å². The van der Waals surface area contributed by atoms with Gasteiger partial charge in [0.25, 0.3) is 0 Å². The smallest absolute Gasteiger partial charge is 0.308 e. The summed E-state index contributed by atoms with van der Waals surface area (Å²) in [6.45, 7) is 8.19. The second-order valence-corrected chi connectivity index (χ2v) is 4.49. The summed E-state index contributed by atoms with van der Waals surface area (Å²) in [5.41, 5.74) is 0. The van der Waals surface area contributed by atoms with Gasteiger partial charge in [0.15, 0.2) is 0 Å². The summed E-state index contributed by atoms with van der Waals surface area (Å²) in [4.78, 5) is 11.4. The van der Waals surface area contributed by atoms with Crippen LogP contribution in [0.4, 0.5) is 0 Å². The molecule has 0 spiro atoms. The van der Waals surface area contributed by atoms with Gasteiger partial charge in [-0.25, -0.2) is 0 Å². The number of rotatable bonds is 5. The average Bonchev–Trinajstić information content (AvgIpc) is 2.17. The molecule has 3 nitrogen and oxygen atoms in total. The molecule has 0 aromatic heterocycles. The molecule has 1 aliphatic heterocycles. The van der Waals surface area contributed by atoms with Crippen LogP contribution in [0.15, 0.2) is 12.7 Å². The summed E-state index contributed by atoms with van der Waals surface area (Å²) in [5, 5.41) is 0. The maximum atomic E-state index is 11.4. The topological polar surface area (TPSA) is 35.5 Å². The zero-order valence-corrected chi connectivity index (χ0v) is 10.3. The molecule has 0 amide bonds. The van der Waals surface area contributed by atoms with Crippen molar-refractivity contribution in [1.82, 2.24) is 0 Å². The second kappa shape index (κ2) is 6.69. The predicted molar refractivity (Wildman–Crippen MR) is 63.1 cm³/mol. The molecule has 3 heteroatoms. The molecule has 0 aromatic carbocycles. The molecule has 16 heavy (non-hydrogen) atoms. The van der Waals surface area contributed by atoms with E-state index in [0.29, 0.717) is 18.9 Å². The normalized spacial score (nSPS) is 29.8. The van der Waals surface area contributed by atoms with Crippen LogP contribution in [0.5, 0.6) is 0 Å². The summed E-state index contributed by atoms with van der Waals surface area (Å²) in [6.07, 6.45) is 5.38. The lowest BCUT2D eigenvalue weighted by atomic mass is 9.91. The second-order valence-electron chi connectivity index (χ2n) is 4.49. The molecule has 1 heterocycles. The third kappa shape index (κ3) is 4.35. The fraction of sp³-hybridized carbons (Fsp3) is 0.769. The van der Waals surface area contributed by atoms with Crippen LogP contribution >= 0.6 is 0 Å². The van der Waals surface area contributed by atoms with Crippen molar-refractivity contribution in [2.45, 2.75) is 51.7 Å². The van der Waals surface area contributed by atoms with Crippen molar-refractivity contribution in [3.63, 3.8) is 0 Å². The Labute approximate surface area is 97.8 Å². The summed E-state index contributed by atoms with van der Waals surface area (Å²) in [7, 11) is 0. The SMILES string of the molecule is C=CC[C@H]1C[C@@H](C)C[C@@H](CC(=O)OCC)O1. The number of esters is 1. The molecule has 3 atom stereocenters. The Morgan fingerprint density at radius 1 is 1.50 bits per heavy atom. The molecule has 0 aliphatic carbocycles. The lowest BCUT2D eigenvalue weighted by Crippen LogP contribution is -2.33. The fourth-order valence-electron chi connectivity index (χ4n) is 2.25. The molecular weight excluding hydrogens is 204 g/mol. The van der Waals surface area contributed by atoms with Crippen molar-refractivity contribution in [3.05, 3.63) is 12.7 Å². The van der Waals surface area contributed by atoms with Gasteiger partial charge in [-0.1, -0.05) is 13.0 Å². The standard InChI is InChI=1S/C13H22O3/c1-4-6-11-7-10(3)8-12(16-11)9-13(14)15-5-2/h4,10-12H,1,5-9H2,2-3H3/t10-,11+,12+/m1/s1. The molecule has 1 saturated heterocycles. The third-order valence-electron chi connectivity index (χ3n) is 2.84. The largest absolute Gasteiger partial charge is 0.466 e. The maximum absolute atomic E-state index is 11.4. The van der Waals surface area contributed by atoms with E-state index >= 15 is 0 Å². The van der Waals surface area contributed by atoms with Crippen molar-refractivity contribution in [1.29, 1.82) is 0 Å². The van der Waals surface area contributed by atoms with E-state index in [9.17, 15) is 4.79 Å². The minimum atomic E-state index is -0.154. The van der Waals surface area contributed by atoms with Crippen LogP contribution in [0, 0.1) is 5.92 Å². The minimum Gasteiger partial charge on any atom is -0.466 e. The van der Waals surface area contributed by atoms with Crippen LogP contribution in [0.1, 0.15) is 39.5 Å². The minimum absolute atomic E-state index is 0.0211. The third-order valence-corrected chi connectivity index (χ3v) is 2.84. The van der Waals surface area contributed by atoms with Crippen molar-refractivity contribution >= 4 is 5.97 Å². The molecule has 1 aliphatic rings. The first kappa shape index (κ1) is 13.2. The number of hydrogen-bond donors (Lipinski definition) is 0. The Morgan fingerprint density at radius 2 is 2.19 bits per heavy atom. The Balaban J connectivity index is 2.40. The predicted octanol–water partition coefficient (Wildman–Crippen LogP) is 2.70. The highest BCUT2D eigenvalue weighted by molar-refractivity contribution is 5.69. The van der Waals surface area contributed by atoms with E-state index in [1.807, 2.05) is 13.0 Å². The lowest BCUT2D eigenvalue weighted by molar-refractivity contribution is -0.150. The monoisotopic (exact) mass is 226 g/mol. The Kier molecular flexibility index (Phi) is 5.53. The molecule has 1 rings (SSSR count). The van der Waals surface area contributed by atoms with Crippen molar-refractivity contribution in [2.75, 3.05) is 6.61 Å². The average molecular weight is 226 g/mol. The van der Waals surface area contributed by atoms with E-state index in [1.54, 1.807) is 0 Å². The van der Waals surface area contributed by atoms with Crippen LogP contribution in [0.2, 0.25) is 0 Å². The summed E-state index contributed by atoms with van der Waals surface area (Å²) >= 11 is 0. The Hall–Kier alpha value is -0.830. The van der Waals surface area contributed by atoms with Crippen LogP contribution in [0.3, 0.4) is 0 Å². The zero-order chi connectivity index (χ0) is 12.0. The van der Waals surface area contributed by atoms with Gasteiger partial charge in [-0.3, -0.25) is 4.79 Å². The molecule has 0 bridgehead atoms. The summed E-state index contributed by atoms with van der Waals surface area (Å²) < 4.78 is 10.8. The van der Waals surface area contributed by atoms with E-state index < -0.39 is 0 Å². The van der Waals surface area contributed by atoms with Gasteiger partial charge in [0, 0.05) is 0 Å². The number of carbonyl (C=O) groups is 1. The highest BCUT2D eigenvalue weighted by atomic mass is 16.5. The van der Waals surface area contributed by atoms with E-state index in [1.165, 1.54) is 0 Å². The molecular formula is C13H22O3. The Bertz CT molecular complexity index is 237. The van der Waals surface area contributed by atoms with Gasteiger partial charge in [0.2, 0.25) is 0 Å². The molecule has 92 valence electrons. The van der Waals surface area contributed by atoms with E-state index in [0.717, 1.165) is 19.3 Å². The van der Waals surface area contributed by atoms with Crippen molar-refractivity contribution < 1.29 is 14.3 Å². The molecule has 1 fully saturated rings. The van der Waals surface area contributed by atoms with E-state index in [2.05, 4.69) is 13.5 Å². The highest BCUT2D eigenvalue weighted by Crippen LogP contribution is 2.28. The number of carbonyl (C=O) groups excluding carboxylic acids is 1. The summed E-state index contributed by atoms with van der Waals surface area (Å²) in [6, 6.07) is 0. The van der Waals surface area contributed by atoms with Gasteiger partial charge in [-0.15, -0.1) is 6.58 Å². The first-order valence-corrected chi connectivity index (χ1v) is 6.07. The first-order valence-electron chi connectivity index (χ1n) is 6.07. The quantitative estimate of drug-likeness (QED) is 0.534. The number of ether oxygens (including phenoxy) is 2. The zero-order valence-electron chi connectivity index (χ0n) is 10.3. The van der Waals surface area contributed by atoms with Crippen LogP contribution < -0.4 is 0 Å². The molecule has 0 unspecified atom stereocenters. The fourth-order valence-corrected chi connectivity index (χ4v) is 2.25. The van der Waals surface area contributed by atoms with Gasteiger partial charge in [0.05, 0.1) is 25.2 Å². The van der Waals surface area contributed by atoms with Gasteiger partial charge in [0.1, 0.15) is 0 Å². The molecule has 0 aromatic rings.